The Kier molecular flexibility index (Phi) is 4.82. The SMILES string of the molecule is C.CCc1ccc(C(=O)NC)cc1. The molecule has 0 aliphatic carbocycles. The van der Waals surface area contributed by atoms with Gasteiger partial charge in [0.2, 0.25) is 0 Å². The lowest BCUT2D eigenvalue weighted by Gasteiger charge is -2.00. The molecule has 0 saturated carbocycles. The van der Waals surface area contributed by atoms with E-state index < -0.39 is 0 Å². The number of hydrogen-bond donors (Lipinski definition) is 1. The first kappa shape index (κ1) is 11.7. The third-order valence-corrected chi connectivity index (χ3v) is 1.85. The number of hydrogen-bond acceptors (Lipinski definition) is 1. The van der Waals surface area contributed by atoms with E-state index in [2.05, 4.69) is 12.2 Å². The van der Waals surface area contributed by atoms with Crippen molar-refractivity contribution < 1.29 is 4.79 Å². The number of aryl methyl sites for hydroxylation is 1. The molecule has 0 aromatic heterocycles. The van der Waals surface area contributed by atoms with Gasteiger partial charge in [0.05, 0.1) is 0 Å². The van der Waals surface area contributed by atoms with Crippen molar-refractivity contribution in [2.24, 2.45) is 0 Å². The first-order valence-corrected chi connectivity index (χ1v) is 4.09. The van der Waals surface area contributed by atoms with Crippen LogP contribution in [0.15, 0.2) is 24.3 Å². The van der Waals surface area contributed by atoms with Crippen molar-refractivity contribution in [3.63, 3.8) is 0 Å². The molecule has 0 saturated heterocycles. The minimum atomic E-state index is -0.0300. The number of nitrogens with one attached hydrogen (secondary N) is 1. The van der Waals surface area contributed by atoms with E-state index in [-0.39, 0.29) is 13.3 Å². The Balaban J connectivity index is 0.00000144. The minimum absolute atomic E-state index is 0. The van der Waals surface area contributed by atoms with Gasteiger partial charge in [-0.25, -0.2) is 0 Å². The lowest BCUT2D eigenvalue weighted by molar-refractivity contribution is 0.0963. The molecule has 13 heavy (non-hydrogen) atoms. The minimum Gasteiger partial charge on any atom is -0.355 e. The van der Waals surface area contributed by atoms with Gasteiger partial charge in [-0.05, 0) is 24.1 Å². The molecular weight excluding hydrogens is 162 g/mol. The standard InChI is InChI=1S/C10H13NO.CH4/c1-3-8-4-6-9(7-5-8)10(12)11-2;/h4-7H,3H2,1-2H3,(H,11,12);1H4. The van der Waals surface area contributed by atoms with Crippen molar-refractivity contribution in [1.29, 1.82) is 0 Å². The van der Waals surface area contributed by atoms with Crippen molar-refractivity contribution in [3.8, 4) is 0 Å². The first-order valence-electron chi connectivity index (χ1n) is 4.09. The monoisotopic (exact) mass is 179 g/mol. The molecule has 1 aromatic rings. The van der Waals surface area contributed by atoms with E-state index in [1.165, 1.54) is 5.56 Å². The average molecular weight is 179 g/mol. The van der Waals surface area contributed by atoms with E-state index in [9.17, 15) is 4.79 Å². The van der Waals surface area contributed by atoms with Crippen LogP contribution in [0.5, 0.6) is 0 Å². The van der Waals surface area contributed by atoms with Crippen LogP contribution >= 0.6 is 0 Å². The fourth-order valence-corrected chi connectivity index (χ4v) is 1.04. The maximum Gasteiger partial charge on any atom is 0.251 e. The number of carbonyl (C=O) groups excluding carboxylic acids is 1. The number of amides is 1. The molecular formula is C11H17NO. The topological polar surface area (TPSA) is 29.1 Å². The van der Waals surface area contributed by atoms with Crippen LogP contribution in [0.1, 0.15) is 30.3 Å². The van der Waals surface area contributed by atoms with Gasteiger partial charge in [-0.2, -0.15) is 0 Å². The van der Waals surface area contributed by atoms with Gasteiger partial charge in [-0.15, -0.1) is 0 Å². The predicted molar refractivity (Wildman–Crippen MR) is 55.9 cm³/mol. The Morgan fingerprint density at radius 1 is 1.31 bits per heavy atom. The molecule has 0 aliphatic heterocycles. The molecule has 0 spiro atoms. The fourth-order valence-electron chi connectivity index (χ4n) is 1.04. The van der Waals surface area contributed by atoms with Gasteiger partial charge in [-0.1, -0.05) is 26.5 Å². The third kappa shape index (κ3) is 2.90. The summed E-state index contributed by atoms with van der Waals surface area (Å²) >= 11 is 0. The lowest BCUT2D eigenvalue weighted by Crippen LogP contribution is -2.17. The molecule has 0 bridgehead atoms. The molecule has 1 N–H and O–H groups in total. The van der Waals surface area contributed by atoms with Crippen molar-refractivity contribution in [3.05, 3.63) is 35.4 Å². The van der Waals surface area contributed by atoms with Crippen LogP contribution in [-0.4, -0.2) is 13.0 Å². The van der Waals surface area contributed by atoms with E-state index in [1.807, 2.05) is 24.3 Å². The summed E-state index contributed by atoms with van der Waals surface area (Å²) in [6, 6.07) is 7.64. The molecule has 0 fully saturated rings. The molecule has 0 unspecified atom stereocenters. The zero-order valence-corrected chi connectivity index (χ0v) is 7.42. The maximum absolute atomic E-state index is 11.1. The zero-order chi connectivity index (χ0) is 8.97. The Morgan fingerprint density at radius 2 is 1.85 bits per heavy atom. The fraction of sp³-hybridized carbons (Fsp3) is 0.364. The summed E-state index contributed by atoms with van der Waals surface area (Å²) in [4.78, 5) is 11.1. The lowest BCUT2D eigenvalue weighted by atomic mass is 10.1. The average Bonchev–Trinajstić information content (AvgIpc) is 2.17. The van der Waals surface area contributed by atoms with E-state index in [1.54, 1.807) is 7.05 Å². The van der Waals surface area contributed by atoms with Gasteiger partial charge in [0.15, 0.2) is 0 Å². The van der Waals surface area contributed by atoms with E-state index in [0.717, 1.165) is 12.0 Å². The summed E-state index contributed by atoms with van der Waals surface area (Å²) in [5, 5.41) is 2.58. The van der Waals surface area contributed by atoms with Crippen molar-refractivity contribution in [1.82, 2.24) is 5.32 Å². The van der Waals surface area contributed by atoms with Crippen molar-refractivity contribution >= 4 is 5.91 Å². The summed E-state index contributed by atoms with van der Waals surface area (Å²) in [7, 11) is 1.63. The van der Waals surface area contributed by atoms with Gasteiger partial charge in [0.25, 0.3) is 5.91 Å². The van der Waals surface area contributed by atoms with E-state index in [0.29, 0.717) is 0 Å². The van der Waals surface area contributed by atoms with Crippen LogP contribution in [0.4, 0.5) is 0 Å². The van der Waals surface area contributed by atoms with Gasteiger partial charge in [0.1, 0.15) is 0 Å². The zero-order valence-electron chi connectivity index (χ0n) is 7.42. The van der Waals surface area contributed by atoms with E-state index in [4.69, 9.17) is 0 Å². The van der Waals surface area contributed by atoms with E-state index >= 15 is 0 Å². The summed E-state index contributed by atoms with van der Waals surface area (Å²) in [5.41, 5.74) is 1.97. The second-order valence-electron chi connectivity index (χ2n) is 2.63. The van der Waals surface area contributed by atoms with Gasteiger partial charge in [-0.3, -0.25) is 4.79 Å². The molecule has 1 amide bonds. The Bertz CT molecular complexity index is 264. The molecule has 72 valence electrons. The Morgan fingerprint density at radius 3 is 2.23 bits per heavy atom. The summed E-state index contributed by atoms with van der Waals surface area (Å²) in [6.45, 7) is 2.09. The van der Waals surface area contributed by atoms with Crippen molar-refractivity contribution in [2.75, 3.05) is 7.05 Å². The van der Waals surface area contributed by atoms with Crippen LogP contribution < -0.4 is 5.32 Å². The number of benzene rings is 1. The normalized spacial score (nSPS) is 8.77. The molecule has 1 aromatic carbocycles. The molecule has 0 aliphatic rings. The van der Waals surface area contributed by atoms with Crippen LogP contribution in [0.25, 0.3) is 0 Å². The maximum atomic E-state index is 11.1. The molecule has 1 rings (SSSR count). The highest BCUT2D eigenvalue weighted by atomic mass is 16.1. The van der Waals surface area contributed by atoms with Gasteiger partial charge >= 0.3 is 0 Å². The van der Waals surface area contributed by atoms with Crippen LogP contribution in [-0.2, 0) is 6.42 Å². The van der Waals surface area contributed by atoms with Crippen LogP contribution in [0.3, 0.4) is 0 Å². The molecule has 2 heteroatoms. The highest BCUT2D eigenvalue weighted by Crippen LogP contribution is 2.04. The largest absolute Gasteiger partial charge is 0.355 e. The number of carbonyl (C=O) groups is 1. The van der Waals surface area contributed by atoms with Gasteiger partial charge in [0, 0.05) is 12.6 Å². The highest BCUT2D eigenvalue weighted by Gasteiger charge is 2.00. The predicted octanol–water partition coefficient (Wildman–Crippen LogP) is 2.24. The first-order chi connectivity index (χ1) is 5.77. The quantitative estimate of drug-likeness (QED) is 0.741. The second-order valence-corrected chi connectivity index (χ2v) is 2.63. The summed E-state index contributed by atoms with van der Waals surface area (Å²) in [5.74, 6) is -0.0300. The molecule has 0 heterocycles. The Labute approximate surface area is 80.0 Å². The second kappa shape index (κ2) is 5.36. The summed E-state index contributed by atoms with van der Waals surface area (Å²) < 4.78 is 0. The van der Waals surface area contributed by atoms with Crippen LogP contribution in [0, 0.1) is 0 Å². The number of rotatable bonds is 2. The smallest absolute Gasteiger partial charge is 0.251 e. The molecule has 0 radical (unpaired) electrons. The van der Waals surface area contributed by atoms with Gasteiger partial charge < -0.3 is 5.32 Å². The highest BCUT2D eigenvalue weighted by molar-refractivity contribution is 5.93. The Hall–Kier alpha value is -1.31. The van der Waals surface area contributed by atoms with Crippen LogP contribution in [0.2, 0.25) is 0 Å². The summed E-state index contributed by atoms with van der Waals surface area (Å²) in [6.07, 6.45) is 1.01. The molecule has 0 atom stereocenters. The third-order valence-electron chi connectivity index (χ3n) is 1.85. The van der Waals surface area contributed by atoms with Crippen molar-refractivity contribution in [2.45, 2.75) is 20.8 Å². The molecule has 2 nitrogen and oxygen atoms in total.